The fourth-order valence-electron chi connectivity index (χ4n) is 3.77. The minimum absolute atomic E-state index is 0.188. The van der Waals surface area contributed by atoms with E-state index in [4.69, 9.17) is 9.26 Å². The van der Waals surface area contributed by atoms with Crippen molar-refractivity contribution in [2.75, 3.05) is 13.1 Å². The normalized spacial score (nSPS) is 17.2. The van der Waals surface area contributed by atoms with Crippen LogP contribution in [0.5, 0.6) is 0 Å². The molecule has 0 aliphatic carbocycles. The molecule has 0 saturated carbocycles. The zero-order valence-electron chi connectivity index (χ0n) is 17.2. The molecule has 1 amide bonds. The van der Waals surface area contributed by atoms with Gasteiger partial charge in [0.2, 0.25) is 0 Å². The van der Waals surface area contributed by atoms with Gasteiger partial charge in [-0.15, -0.1) is 11.3 Å². The van der Waals surface area contributed by atoms with E-state index in [1.807, 2.05) is 37.0 Å². The van der Waals surface area contributed by atoms with E-state index in [-0.39, 0.29) is 6.09 Å². The van der Waals surface area contributed by atoms with Gasteiger partial charge in [0.1, 0.15) is 11.9 Å². The molecule has 2 aromatic rings. The summed E-state index contributed by atoms with van der Waals surface area (Å²) in [5.41, 5.74) is 3.30. The number of amides is 1. The van der Waals surface area contributed by atoms with Crippen molar-refractivity contribution in [3.8, 4) is 10.4 Å². The van der Waals surface area contributed by atoms with Gasteiger partial charge >= 0.3 is 6.09 Å². The summed E-state index contributed by atoms with van der Waals surface area (Å²) < 4.78 is 10.5. The van der Waals surface area contributed by atoms with Crippen LogP contribution in [0, 0.1) is 19.8 Å². The van der Waals surface area contributed by atoms with E-state index >= 15 is 0 Å². The standard InChI is InChI=1S/C21H30N2O3S/c1-13-14(2)19(17-11-22-25-12-17)27-18(13)15(3)16-7-9-23(10-8-16)20(24)26-21(4,5)6/h11-12,15-16H,7-10H2,1-6H3/t15-/m1/s1. The first-order chi connectivity index (χ1) is 12.7. The number of ether oxygens (including phenoxy) is 1. The second-order valence-corrected chi connectivity index (χ2v) is 9.60. The van der Waals surface area contributed by atoms with Crippen LogP contribution in [0.2, 0.25) is 0 Å². The number of hydrogen-bond donors (Lipinski definition) is 0. The molecule has 0 bridgehead atoms. The summed E-state index contributed by atoms with van der Waals surface area (Å²) >= 11 is 1.86. The van der Waals surface area contributed by atoms with Crippen LogP contribution >= 0.6 is 11.3 Å². The predicted octanol–water partition coefficient (Wildman–Crippen LogP) is 5.77. The van der Waals surface area contributed by atoms with Crippen molar-refractivity contribution in [1.29, 1.82) is 0 Å². The van der Waals surface area contributed by atoms with Gasteiger partial charge in [-0.05, 0) is 70.4 Å². The van der Waals surface area contributed by atoms with Crippen molar-refractivity contribution >= 4 is 17.4 Å². The van der Waals surface area contributed by atoms with Crippen LogP contribution in [-0.4, -0.2) is 34.8 Å². The average Bonchev–Trinajstić information content (AvgIpc) is 3.22. The Labute approximate surface area is 165 Å². The molecule has 3 heterocycles. The molecule has 1 fully saturated rings. The lowest BCUT2D eigenvalue weighted by molar-refractivity contribution is 0.0176. The van der Waals surface area contributed by atoms with Crippen LogP contribution < -0.4 is 0 Å². The summed E-state index contributed by atoms with van der Waals surface area (Å²) in [6.07, 6.45) is 5.34. The van der Waals surface area contributed by atoms with E-state index < -0.39 is 5.60 Å². The van der Waals surface area contributed by atoms with Crippen molar-refractivity contribution in [3.63, 3.8) is 0 Å². The zero-order valence-corrected chi connectivity index (χ0v) is 18.0. The van der Waals surface area contributed by atoms with Gasteiger partial charge in [0.25, 0.3) is 0 Å². The molecule has 148 valence electrons. The van der Waals surface area contributed by atoms with Gasteiger partial charge in [0.05, 0.1) is 11.8 Å². The van der Waals surface area contributed by atoms with Crippen LogP contribution in [-0.2, 0) is 4.74 Å². The summed E-state index contributed by atoms with van der Waals surface area (Å²) in [5, 5.41) is 3.85. The number of carbonyl (C=O) groups is 1. The quantitative estimate of drug-likeness (QED) is 0.667. The Morgan fingerprint density at radius 2 is 1.96 bits per heavy atom. The first-order valence-electron chi connectivity index (χ1n) is 9.65. The lowest BCUT2D eigenvalue weighted by Gasteiger charge is -2.35. The highest BCUT2D eigenvalue weighted by Crippen LogP contribution is 2.43. The molecule has 27 heavy (non-hydrogen) atoms. The topological polar surface area (TPSA) is 55.6 Å². The minimum atomic E-state index is -0.439. The Bertz CT molecular complexity index is 781. The zero-order chi connectivity index (χ0) is 19.8. The van der Waals surface area contributed by atoms with Crippen LogP contribution in [0.15, 0.2) is 17.0 Å². The summed E-state index contributed by atoms with van der Waals surface area (Å²) in [4.78, 5) is 16.8. The molecule has 5 nitrogen and oxygen atoms in total. The fourth-order valence-corrected chi connectivity index (χ4v) is 5.20. The third kappa shape index (κ3) is 4.37. The Kier molecular flexibility index (Phi) is 5.65. The minimum Gasteiger partial charge on any atom is -0.444 e. The number of piperidine rings is 1. The molecule has 3 rings (SSSR count). The van der Waals surface area contributed by atoms with Gasteiger partial charge in [-0.2, -0.15) is 0 Å². The molecule has 6 heteroatoms. The maximum Gasteiger partial charge on any atom is 0.410 e. The Morgan fingerprint density at radius 3 is 2.52 bits per heavy atom. The number of carbonyl (C=O) groups excluding carboxylic acids is 1. The predicted molar refractivity (Wildman–Crippen MR) is 108 cm³/mol. The molecule has 0 spiro atoms. The molecule has 2 aromatic heterocycles. The number of nitrogens with zero attached hydrogens (tertiary/aromatic N) is 2. The Balaban J connectivity index is 1.67. The summed E-state index contributed by atoms with van der Waals surface area (Å²) in [6, 6.07) is 0. The van der Waals surface area contributed by atoms with Gasteiger partial charge in [-0.1, -0.05) is 12.1 Å². The van der Waals surface area contributed by atoms with Gasteiger partial charge in [0, 0.05) is 22.8 Å². The first-order valence-corrected chi connectivity index (χ1v) is 10.5. The fraction of sp³-hybridized carbons (Fsp3) is 0.619. The maximum absolute atomic E-state index is 12.3. The van der Waals surface area contributed by atoms with Crippen molar-refractivity contribution in [2.24, 2.45) is 5.92 Å². The number of hydrogen-bond acceptors (Lipinski definition) is 5. The smallest absolute Gasteiger partial charge is 0.410 e. The third-order valence-corrected chi connectivity index (χ3v) is 7.14. The van der Waals surface area contributed by atoms with E-state index in [9.17, 15) is 4.79 Å². The molecule has 1 aliphatic heterocycles. The van der Waals surface area contributed by atoms with Crippen molar-refractivity contribution in [3.05, 3.63) is 28.5 Å². The number of rotatable bonds is 3. The molecular formula is C21H30N2O3S. The maximum atomic E-state index is 12.3. The van der Waals surface area contributed by atoms with Crippen LogP contribution in [0.25, 0.3) is 10.4 Å². The second-order valence-electron chi connectivity index (χ2n) is 8.55. The lowest BCUT2D eigenvalue weighted by Crippen LogP contribution is -2.42. The Hall–Kier alpha value is -1.82. The van der Waals surface area contributed by atoms with Crippen LogP contribution in [0.1, 0.15) is 62.5 Å². The molecule has 0 N–H and O–H groups in total. The van der Waals surface area contributed by atoms with Gasteiger partial charge in [-0.25, -0.2) is 4.79 Å². The lowest BCUT2D eigenvalue weighted by atomic mass is 9.83. The number of thiophene rings is 1. The largest absolute Gasteiger partial charge is 0.444 e. The molecule has 1 atom stereocenters. The van der Waals surface area contributed by atoms with E-state index in [0.29, 0.717) is 11.8 Å². The summed E-state index contributed by atoms with van der Waals surface area (Å²) in [7, 11) is 0. The third-order valence-electron chi connectivity index (χ3n) is 5.49. The van der Waals surface area contributed by atoms with Gasteiger partial charge in [0.15, 0.2) is 0 Å². The SMILES string of the molecule is Cc1c(-c2cnoc2)sc([C@H](C)C2CCN(C(=O)OC(C)(C)C)CC2)c1C. The van der Waals surface area contributed by atoms with E-state index in [1.54, 1.807) is 12.5 Å². The average molecular weight is 391 g/mol. The molecule has 0 aromatic carbocycles. The number of likely N-dealkylation sites (tertiary alicyclic amines) is 1. The van der Waals surface area contributed by atoms with E-state index in [2.05, 4.69) is 25.9 Å². The highest BCUT2D eigenvalue weighted by atomic mass is 32.1. The highest BCUT2D eigenvalue weighted by molar-refractivity contribution is 7.16. The molecular weight excluding hydrogens is 360 g/mol. The van der Waals surface area contributed by atoms with Gasteiger partial charge in [-0.3, -0.25) is 0 Å². The van der Waals surface area contributed by atoms with Crippen molar-refractivity contribution in [2.45, 2.75) is 65.9 Å². The molecule has 0 unspecified atom stereocenters. The summed E-state index contributed by atoms with van der Waals surface area (Å²) in [5.74, 6) is 1.05. The first kappa shape index (κ1) is 19.9. The molecule has 1 aliphatic rings. The van der Waals surface area contributed by atoms with Gasteiger partial charge < -0.3 is 14.2 Å². The summed E-state index contributed by atoms with van der Waals surface area (Å²) in [6.45, 7) is 14.0. The van der Waals surface area contributed by atoms with E-state index in [0.717, 1.165) is 31.5 Å². The second kappa shape index (κ2) is 7.66. The highest BCUT2D eigenvalue weighted by Gasteiger charge is 2.31. The van der Waals surface area contributed by atoms with Crippen molar-refractivity contribution < 1.29 is 14.1 Å². The van der Waals surface area contributed by atoms with Crippen LogP contribution in [0.3, 0.4) is 0 Å². The van der Waals surface area contributed by atoms with Crippen LogP contribution in [0.4, 0.5) is 4.79 Å². The van der Waals surface area contributed by atoms with Crippen molar-refractivity contribution in [1.82, 2.24) is 10.1 Å². The molecule has 0 radical (unpaired) electrons. The molecule has 1 saturated heterocycles. The monoisotopic (exact) mass is 390 g/mol. The van der Waals surface area contributed by atoms with E-state index in [1.165, 1.54) is 20.9 Å². The Morgan fingerprint density at radius 1 is 1.30 bits per heavy atom. The number of aromatic nitrogens is 1.